The fourth-order valence-corrected chi connectivity index (χ4v) is 3.39. The zero-order valence-corrected chi connectivity index (χ0v) is 16.6. The molecule has 0 bridgehead atoms. The molecule has 1 fully saturated rings. The van der Waals surface area contributed by atoms with E-state index in [1.807, 2.05) is 6.92 Å². The van der Waals surface area contributed by atoms with Gasteiger partial charge in [-0.05, 0) is 18.9 Å². The van der Waals surface area contributed by atoms with Crippen LogP contribution in [0.25, 0.3) is 0 Å². The summed E-state index contributed by atoms with van der Waals surface area (Å²) in [5.41, 5.74) is -0.920. The molecule has 158 valence electrons. The van der Waals surface area contributed by atoms with Crippen LogP contribution in [0.4, 0.5) is 19.0 Å². The summed E-state index contributed by atoms with van der Waals surface area (Å²) in [5, 5.41) is 6.67. The van der Waals surface area contributed by atoms with Crippen molar-refractivity contribution >= 4 is 23.3 Å². The number of piperidine rings is 1. The number of hydrogen-bond donors (Lipinski definition) is 1. The molecule has 1 atom stereocenters. The van der Waals surface area contributed by atoms with Crippen LogP contribution in [-0.4, -0.2) is 45.6 Å². The van der Waals surface area contributed by atoms with E-state index in [2.05, 4.69) is 20.4 Å². The number of nitrogens with zero attached hydrogens (tertiary/aromatic N) is 4. The van der Waals surface area contributed by atoms with Gasteiger partial charge >= 0.3 is 6.18 Å². The number of alkyl halides is 3. The van der Waals surface area contributed by atoms with Crippen LogP contribution in [0.5, 0.6) is 0 Å². The van der Waals surface area contributed by atoms with Crippen LogP contribution in [-0.2, 0) is 17.4 Å². The monoisotopic (exact) mass is 431 g/mol. The van der Waals surface area contributed by atoms with Crippen molar-refractivity contribution in [3.63, 3.8) is 0 Å². The second-order valence-corrected chi connectivity index (χ2v) is 7.21. The normalized spacial score (nSPS) is 17.4. The van der Waals surface area contributed by atoms with E-state index in [1.54, 1.807) is 4.90 Å². The van der Waals surface area contributed by atoms with Gasteiger partial charge in [0.05, 0.1) is 10.6 Å². The number of aryl methyl sites for hydroxylation is 1. The minimum absolute atomic E-state index is 0.0377. The van der Waals surface area contributed by atoms with E-state index < -0.39 is 11.7 Å². The topological polar surface area (TPSA) is 84.2 Å². The van der Waals surface area contributed by atoms with Crippen molar-refractivity contribution in [3.8, 4) is 0 Å². The molecule has 2 aromatic heterocycles. The van der Waals surface area contributed by atoms with Crippen LogP contribution < -0.4 is 5.32 Å². The molecule has 1 N–H and O–H groups in total. The van der Waals surface area contributed by atoms with Crippen molar-refractivity contribution in [1.29, 1.82) is 0 Å². The molecule has 2 aromatic rings. The van der Waals surface area contributed by atoms with E-state index in [-0.39, 0.29) is 35.6 Å². The number of amides is 1. The Morgan fingerprint density at radius 1 is 1.45 bits per heavy atom. The van der Waals surface area contributed by atoms with Crippen molar-refractivity contribution in [2.75, 3.05) is 25.0 Å². The molecule has 0 radical (unpaired) electrons. The minimum Gasteiger partial charge on any atom is -0.368 e. The van der Waals surface area contributed by atoms with Gasteiger partial charge in [-0.15, -0.1) is 0 Å². The van der Waals surface area contributed by atoms with Gasteiger partial charge in [0.15, 0.2) is 5.82 Å². The Morgan fingerprint density at radius 3 is 2.90 bits per heavy atom. The van der Waals surface area contributed by atoms with Crippen molar-refractivity contribution in [1.82, 2.24) is 20.0 Å². The molecule has 1 saturated heterocycles. The van der Waals surface area contributed by atoms with Gasteiger partial charge in [-0.1, -0.05) is 23.7 Å². The summed E-state index contributed by atoms with van der Waals surface area (Å²) >= 11 is 5.86. The smallest absolute Gasteiger partial charge is 0.368 e. The van der Waals surface area contributed by atoms with E-state index in [4.69, 9.17) is 16.1 Å². The Morgan fingerprint density at radius 2 is 2.24 bits per heavy atom. The number of halogens is 4. The van der Waals surface area contributed by atoms with Gasteiger partial charge in [0.1, 0.15) is 5.82 Å². The van der Waals surface area contributed by atoms with Crippen LogP contribution in [0.2, 0.25) is 5.02 Å². The highest BCUT2D eigenvalue weighted by Gasteiger charge is 2.32. The molecule has 0 aromatic carbocycles. The molecule has 29 heavy (non-hydrogen) atoms. The quantitative estimate of drug-likeness (QED) is 0.746. The summed E-state index contributed by atoms with van der Waals surface area (Å²) in [6.45, 7) is 3.30. The summed E-state index contributed by atoms with van der Waals surface area (Å²) < 4.78 is 43.1. The Kier molecular flexibility index (Phi) is 6.61. The molecule has 11 heteroatoms. The van der Waals surface area contributed by atoms with E-state index in [9.17, 15) is 18.0 Å². The lowest BCUT2D eigenvalue weighted by Gasteiger charge is -2.31. The molecule has 0 saturated carbocycles. The third-order valence-electron chi connectivity index (χ3n) is 4.73. The van der Waals surface area contributed by atoms with E-state index in [0.29, 0.717) is 37.4 Å². The molecule has 3 rings (SSSR count). The van der Waals surface area contributed by atoms with Gasteiger partial charge in [0.2, 0.25) is 11.8 Å². The number of likely N-dealkylation sites (tertiary alicyclic amines) is 1. The van der Waals surface area contributed by atoms with Crippen LogP contribution >= 0.6 is 11.6 Å². The Bertz CT molecular complexity index is 858. The van der Waals surface area contributed by atoms with Crippen LogP contribution in [0, 0.1) is 0 Å². The number of nitrogens with one attached hydrogen (secondary N) is 1. The molecule has 0 spiro atoms. The first-order valence-electron chi connectivity index (χ1n) is 9.34. The zero-order valence-electron chi connectivity index (χ0n) is 15.8. The Labute approximate surface area is 170 Å². The summed E-state index contributed by atoms with van der Waals surface area (Å²) in [5.74, 6) is 1.29. The third kappa shape index (κ3) is 5.37. The molecule has 1 amide bonds. The maximum absolute atomic E-state index is 12.7. The van der Waals surface area contributed by atoms with Crippen molar-refractivity contribution in [2.24, 2.45) is 0 Å². The maximum atomic E-state index is 12.7. The van der Waals surface area contributed by atoms with Crippen molar-refractivity contribution < 1.29 is 22.5 Å². The first kappa shape index (κ1) is 21.4. The maximum Gasteiger partial charge on any atom is 0.417 e. The summed E-state index contributed by atoms with van der Waals surface area (Å²) in [6, 6.07) is 0.809. The van der Waals surface area contributed by atoms with E-state index >= 15 is 0 Å². The average Bonchev–Trinajstić information content (AvgIpc) is 3.18. The minimum atomic E-state index is -4.51. The van der Waals surface area contributed by atoms with E-state index in [0.717, 1.165) is 18.9 Å². The third-order valence-corrected chi connectivity index (χ3v) is 5.01. The average molecular weight is 432 g/mol. The zero-order chi connectivity index (χ0) is 21.0. The van der Waals surface area contributed by atoms with Gasteiger partial charge in [-0.2, -0.15) is 18.2 Å². The molecule has 3 heterocycles. The van der Waals surface area contributed by atoms with E-state index in [1.165, 1.54) is 0 Å². The Balaban J connectivity index is 1.51. The molecular weight excluding hydrogens is 411 g/mol. The first-order valence-corrected chi connectivity index (χ1v) is 9.72. The standard InChI is InChI=1S/C18H21ClF3N5O2/c1-2-14-25-16(26-29-14)11-4-3-7-27(10-11)15(28)5-6-23-17-13(19)8-12(9-24-17)18(20,21)22/h8-9,11H,2-7,10H2,1H3,(H,23,24). The van der Waals surface area contributed by atoms with Gasteiger partial charge in [-0.3, -0.25) is 4.79 Å². The first-order chi connectivity index (χ1) is 13.8. The highest BCUT2D eigenvalue weighted by atomic mass is 35.5. The number of rotatable bonds is 6. The van der Waals surface area contributed by atoms with Gasteiger partial charge in [0, 0.05) is 44.6 Å². The molecule has 1 aliphatic heterocycles. The summed E-state index contributed by atoms with van der Waals surface area (Å²) in [4.78, 5) is 22.3. The lowest BCUT2D eigenvalue weighted by atomic mass is 9.97. The highest BCUT2D eigenvalue weighted by Crippen LogP contribution is 2.32. The van der Waals surface area contributed by atoms with Gasteiger partial charge in [-0.25, -0.2) is 4.98 Å². The molecule has 7 nitrogen and oxygen atoms in total. The molecule has 1 aliphatic rings. The van der Waals surface area contributed by atoms with Crippen molar-refractivity contribution in [3.05, 3.63) is 34.6 Å². The number of hydrogen-bond acceptors (Lipinski definition) is 6. The number of anilines is 1. The van der Waals surface area contributed by atoms with Crippen LogP contribution in [0.15, 0.2) is 16.8 Å². The number of pyridine rings is 1. The number of carbonyl (C=O) groups excluding carboxylic acids is 1. The van der Waals surface area contributed by atoms with Crippen LogP contribution in [0.3, 0.4) is 0 Å². The fraction of sp³-hybridized carbons (Fsp3) is 0.556. The summed E-state index contributed by atoms with van der Waals surface area (Å²) in [7, 11) is 0. The molecule has 1 unspecified atom stereocenters. The van der Waals surface area contributed by atoms with Gasteiger partial charge in [0.25, 0.3) is 0 Å². The largest absolute Gasteiger partial charge is 0.417 e. The number of carbonyl (C=O) groups is 1. The highest BCUT2D eigenvalue weighted by molar-refractivity contribution is 6.32. The predicted octanol–water partition coefficient (Wildman–Crippen LogP) is 3.91. The SMILES string of the molecule is CCc1nc(C2CCCN(C(=O)CCNc3ncc(C(F)(F)F)cc3Cl)C2)no1. The number of aromatic nitrogens is 3. The van der Waals surface area contributed by atoms with Crippen molar-refractivity contribution in [2.45, 2.75) is 44.7 Å². The second-order valence-electron chi connectivity index (χ2n) is 6.81. The molecular formula is C18H21ClF3N5O2. The molecule has 0 aliphatic carbocycles. The Hall–Kier alpha value is -2.36. The lowest BCUT2D eigenvalue weighted by molar-refractivity contribution is -0.137. The summed E-state index contributed by atoms with van der Waals surface area (Å²) in [6.07, 6.45) is -1.25. The lowest BCUT2D eigenvalue weighted by Crippen LogP contribution is -2.40. The fourth-order valence-electron chi connectivity index (χ4n) is 3.16. The second kappa shape index (κ2) is 8.98. The predicted molar refractivity (Wildman–Crippen MR) is 99.6 cm³/mol. The van der Waals surface area contributed by atoms with Gasteiger partial charge < -0.3 is 14.7 Å². The van der Waals surface area contributed by atoms with Crippen LogP contribution in [0.1, 0.15) is 49.4 Å².